The van der Waals surface area contributed by atoms with Crippen molar-refractivity contribution >= 4 is 45.2 Å². The molecule has 0 unspecified atom stereocenters. The number of rotatable bonds is 8. The molecule has 1 aliphatic rings. The van der Waals surface area contributed by atoms with Crippen molar-refractivity contribution < 1.29 is 9.53 Å². The molecule has 1 aliphatic carbocycles. The van der Waals surface area contributed by atoms with Crippen LogP contribution in [-0.2, 0) is 23.4 Å². The van der Waals surface area contributed by atoms with Crippen molar-refractivity contribution in [2.24, 2.45) is 0 Å². The van der Waals surface area contributed by atoms with Crippen LogP contribution in [-0.4, -0.2) is 38.7 Å². The number of aryl methyl sites for hydroxylation is 2. The normalized spacial score (nSPS) is 12.7. The number of amides is 1. The third kappa shape index (κ3) is 4.51. The van der Waals surface area contributed by atoms with Crippen molar-refractivity contribution in [2.45, 2.75) is 31.4 Å². The molecule has 1 amide bonds. The number of aromatic nitrogens is 4. The van der Waals surface area contributed by atoms with Crippen LogP contribution in [0.2, 0.25) is 0 Å². The van der Waals surface area contributed by atoms with Crippen LogP contribution in [0.1, 0.15) is 29.1 Å². The molecule has 0 spiro atoms. The molecule has 9 nitrogen and oxygen atoms in total. The smallest absolute Gasteiger partial charge is 0.259 e. The predicted molar refractivity (Wildman–Crippen MR) is 113 cm³/mol. The molecule has 0 saturated heterocycles. The number of hydrazine groups is 1. The molecular formula is C18H20N6O3S2. The van der Waals surface area contributed by atoms with Crippen molar-refractivity contribution in [3.8, 4) is 5.88 Å². The summed E-state index contributed by atoms with van der Waals surface area (Å²) in [5.41, 5.74) is 6.34. The number of nitrogens with zero attached hydrogens (tertiary/aromatic N) is 3. The summed E-state index contributed by atoms with van der Waals surface area (Å²) >= 11 is 3.17. The Hall–Kier alpha value is -2.66. The monoisotopic (exact) mass is 432 g/mol. The summed E-state index contributed by atoms with van der Waals surface area (Å²) in [6.07, 6.45) is 4.97. The number of hydrogen-bond acceptors (Lipinski definition) is 9. The standard InChI is InChI=1S/C18H20N6O3S2/c1-27-14-5-7-19-18(22-14)24-23-13(25)6-8-28-9-12-20-16(26)15-10-3-2-4-11(10)29-17(15)21-12/h5,7H,2-4,6,8-9H2,1H3,(H,23,25)(H,19,22,24)(H,20,21,26). The topological polar surface area (TPSA) is 122 Å². The Morgan fingerprint density at radius 2 is 2.28 bits per heavy atom. The van der Waals surface area contributed by atoms with Crippen LogP contribution in [0.5, 0.6) is 5.88 Å². The highest BCUT2D eigenvalue weighted by Crippen LogP contribution is 2.34. The fourth-order valence-electron chi connectivity index (χ4n) is 3.15. The van der Waals surface area contributed by atoms with Crippen molar-refractivity contribution in [3.05, 3.63) is 38.9 Å². The third-order valence-electron chi connectivity index (χ3n) is 4.49. The molecule has 3 aromatic rings. The molecule has 0 bridgehead atoms. The predicted octanol–water partition coefficient (Wildman–Crippen LogP) is 2.04. The van der Waals surface area contributed by atoms with Gasteiger partial charge in [-0.1, -0.05) is 0 Å². The van der Waals surface area contributed by atoms with Gasteiger partial charge in [-0.25, -0.2) is 9.97 Å². The van der Waals surface area contributed by atoms with Crippen molar-refractivity contribution in [2.75, 3.05) is 18.3 Å². The fourth-order valence-corrected chi connectivity index (χ4v) is 5.24. The Morgan fingerprint density at radius 3 is 3.14 bits per heavy atom. The Balaban J connectivity index is 1.25. The zero-order valence-corrected chi connectivity index (χ0v) is 17.4. The number of aromatic amines is 1. The van der Waals surface area contributed by atoms with E-state index in [1.54, 1.807) is 29.2 Å². The first-order valence-electron chi connectivity index (χ1n) is 9.17. The van der Waals surface area contributed by atoms with Gasteiger partial charge in [-0.15, -0.1) is 11.3 Å². The molecule has 3 aromatic heterocycles. The zero-order valence-electron chi connectivity index (χ0n) is 15.8. The van der Waals surface area contributed by atoms with Crippen LogP contribution in [0.4, 0.5) is 5.95 Å². The first kappa shape index (κ1) is 19.6. The van der Waals surface area contributed by atoms with Gasteiger partial charge in [0.15, 0.2) is 0 Å². The number of H-pyrrole nitrogens is 1. The molecule has 0 atom stereocenters. The summed E-state index contributed by atoms with van der Waals surface area (Å²) in [6.45, 7) is 0. The second kappa shape index (κ2) is 8.78. The van der Waals surface area contributed by atoms with Gasteiger partial charge in [0, 0.05) is 29.3 Å². The van der Waals surface area contributed by atoms with E-state index in [4.69, 9.17) is 4.74 Å². The van der Waals surface area contributed by atoms with Gasteiger partial charge in [0.25, 0.3) is 5.56 Å². The van der Waals surface area contributed by atoms with Gasteiger partial charge in [-0.3, -0.25) is 20.4 Å². The van der Waals surface area contributed by atoms with Crippen LogP contribution in [0.25, 0.3) is 10.2 Å². The number of methoxy groups -OCH3 is 1. The van der Waals surface area contributed by atoms with Crippen LogP contribution < -0.4 is 21.1 Å². The lowest BCUT2D eigenvalue weighted by Crippen LogP contribution is -2.30. The minimum absolute atomic E-state index is 0.0507. The highest BCUT2D eigenvalue weighted by atomic mass is 32.2. The Kier molecular flexibility index (Phi) is 5.95. The lowest BCUT2D eigenvalue weighted by Gasteiger charge is -2.07. The number of thiophene rings is 1. The van der Waals surface area contributed by atoms with Gasteiger partial charge < -0.3 is 9.72 Å². The second-order valence-corrected chi connectivity index (χ2v) is 8.64. The number of hydrogen-bond donors (Lipinski definition) is 3. The van der Waals surface area contributed by atoms with Gasteiger partial charge in [-0.2, -0.15) is 16.7 Å². The zero-order chi connectivity index (χ0) is 20.2. The number of carbonyl (C=O) groups is 1. The van der Waals surface area contributed by atoms with E-state index in [1.807, 2.05) is 0 Å². The number of fused-ring (bicyclic) bond motifs is 3. The Bertz CT molecular complexity index is 1100. The van der Waals surface area contributed by atoms with Gasteiger partial charge in [0.2, 0.25) is 17.7 Å². The SMILES string of the molecule is COc1ccnc(NNC(=O)CCSCc2nc3sc4c(c3c(=O)[nH]2)CCC4)n1. The summed E-state index contributed by atoms with van der Waals surface area (Å²) in [6, 6.07) is 1.61. The summed E-state index contributed by atoms with van der Waals surface area (Å²) in [7, 11) is 1.51. The van der Waals surface area contributed by atoms with E-state index in [0.717, 1.165) is 29.5 Å². The van der Waals surface area contributed by atoms with Gasteiger partial charge in [0.05, 0.1) is 18.2 Å². The lowest BCUT2D eigenvalue weighted by atomic mass is 10.2. The van der Waals surface area contributed by atoms with Gasteiger partial charge >= 0.3 is 0 Å². The number of ether oxygens (including phenoxy) is 1. The molecule has 3 heterocycles. The fraction of sp³-hybridized carbons (Fsp3) is 0.389. The van der Waals surface area contributed by atoms with Crippen molar-refractivity contribution in [1.82, 2.24) is 25.4 Å². The van der Waals surface area contributed by atoms with E-state index in [9.17, 15) is 9.59 Å². The van der Waals surface area contributed by atoms with E-state index in [0.29, 0.717) is 29.6 Å². The van der Waals surface area contributed by atoms with Crippen molar-refractivity contribution in [1.29, 1.82) is 0 Å². The van der Waals surface area contributed by atoms with Crippen molar-refractivity contribution in [3.63, 3.8) is 0 Å². The highest BCUT2D eigenvalue weighted by Gasteiger charge is 2.21. The number of nitrogens with one attached hydrogen (secondary N) is 3. The summed E-state index contributed by atoms with van der Waals surface area (Å²) in [5.74, 6) is 2.26. The quantitative estimate of drug-likeness (QED) is 0.365. The van der Waals surface area contributed by atoms with Crippen LogP contribution >= 0.6 is 23.1 Å². The maximum Gasteiger partial charge on any atom is 0.259 e. The molecule has 0 saturated carbocycles. The first-order chi connectivity index (χ1) is 14.1. The Morgan fingerprint density at radius 1 is 1.38 bits per heavy atom. The van der Waals surface area contributed by atoms with Crippen LogP contribution in [0, 0.1) is 0 Å². The molecule has 0 radical (unpaired) electrons. The molecule has 0 aliphatic heterocycles. The highest BCUT2D eigenvalue weighted by molar-refractivity contribution is 7.98. The Labute approximate surface area is 174 Å². The molecule has 0 aromatic carbocycles. The summed E-state index contributed by atoms with van der Waals surface area (Å²) in [5, 5.41) is 0.765. The van der Waals surface area contributed by atoms with Crippen LogP contribution in [0.3, 0.4) is 0 Å². The molecule has 0 fully saturated rings. The summed E-state index contributed by atoms with van der Waals surface area (Å²) in [4.78, 5) is 42.0. The lowest BCUT2D eigenvalue weighted by molar-refractivity contribution is -0.120. The van der Waals surface area contributed by atoms with Gasteiger partial charge in [0.1, 0.15) is 10.7 Å². The maximum atomic E-state index is 12.4. The van der Waals surface area contributed by atoms with E-state index in [-0.39, 0.29) is 17.4 Å². The average Bonchev–Trinajstić information content (AvgIpc) is 3.30. The first-order valence-corrected chi connectivity index (χ1v) is 11.1. The minimum Gasteiger partial charge on any atom is -0.481 e. The largest absolute Gasteiger partial charge is 0.481 e. The number of carbonyl (C=O) groups excluding carboxylic acids is 1. The van der Waals surface area contributed by atoms with Crippen LogP contribution in [0.15, 0.2) is 17.1 Å². The van der Waals surface area contributed by atoms with Gasteiger partial charge in [-0.05, 0) is 24.8 Å². The molecule has 4 rings (SSSR count). The number of thioether (sulfide) groups is 1. The molecule has 11 heteroatoms. The molecular weight excluding hydrogens is 412 g/mol. The number of anilines is 1. The van der Waals surface area contributed by atoms with E-state index in [2.05, 4.69) is 30.8 Å². The van der Waals surface area contributed by atoms with E-state index < -0.39 is 0 Å². The molecule has 152 valence electrons. The molecule has 3 N–H and O–H groups in total. The second-order valence-electron chi connectivity index (χ2n) is 6.45. The van der Waals surface area contributed by atoms with E-state index in [1.165, 1.54) is 23.7 Å². The third-order valence-corrected chi connectivity index (χ3v) is 6.65. The minimum atomic E-state index is -0.185. The molecule has 29 heavy (non-hydrogen) atoms. The average molecular weight is 433 g/mol. The maximum absolute atomic E-state index is 12.4. The summed E-state index contributed by atoms with van der Waals surface area (Å²) < 4.78 is 5.00. The van der Waals surface area contributed by atoms with E-state index >= 15 is 0 Å².